The number of carbonyl (C=O) groups is 4. The first-order valence-electron chi connectivity index (χ1n) is 39.6. The molecule has 0 aliphatic heterocycles. The van der Waals surface area contributed by atoms with Gasteiger partial charge in [-0.1, -0.05) is 253 Å². The summed E-state index contributed by atoms with van der Waals surface area (Å²) >= 11 is 0. The lowest BCUT2D eigenvalue weighted by Gasteiger charge is -2.22. The summed E-state index contributed by atoms with van der Waals surface area (Å²) in [6, 6.07) is -1.02. The Morgan fingerprint density at radius 2 is 0.590 bits per heavy atom. The number of aliphatic hydroxyl groups excluding tert-OH is 1. The second-order valence-electron chi connectivity index (χ2n) is 26.4. The molecule has 0 aliphatic rings. The Kier molecular flexibility index (Phi) is 70.4. The summed E-state index contributed by atoms with van der Waals surface area (Å²) < 4.78 is 63.1. The minimum Gasteiger partial charge on any atom is -0.463 e. The molecule has 0 fully saturated rings. The van der Waals surface area contributed by atoms with Gasteiger partial charge in [0.15, 0.2) is 6.10 Å². The van der Waals surface area contributed by atoms with Crippen LogP contribution < -0.4 is 5.32 Å². The van der Waals surface area contributed by atoms with Crippen LogP contribution in [0.4, 0.5) is 0 Å². The summed E-state index contributed by atoms with van der Waals surface area (Å²) in [5.41, 5.74) is 0. The number of rotatable bonds is 74. The van der Waals surface area contributed by atoms with Gasteiger partial charge in [-0.15, -0.1) is 0 Å². The molecular formula is C81H143NO16P2. The molecule has 0 saturated carbocycles. The maximum Gasteiger partial charge on any atom is 0.472 e. The van der Waals surface area contributed by atoms with Crippen molar-refractivity contribution < 1.29 is 75.5 Å². The Labute approximate surface area is 608 Å². The summed E-state index contributed by atoms with van der Waals surface area (Å²) in [6.07, 6.45) is 78.5. The van der Waals surface area contributed by atoms with E-state index in [0.29, 0.717) is 25.7 Å². The number of ether oxygens (including phenoxy) is 3. The van der Waals surface area contributed by atoms with Gasteiger partial charge in [0.25, 0.3) is 0 Å². The van der Waals surface area contributed by atoms with Gasteiger partial charge in [-0.3, -0.25) is 37.3 Å². The monoisotopic (exact) mass is 1450 g/mol. The van der Waals surface area contributed by atoms with E-state index in [4.69, 9.17) is 32.3 Å². The van der Waals surface area contributed by atoms with E-state index < -0.39 is 84.8 Å². The molecule has 0 aromatic rings. The summed E-state index contributed by atoms with van der Waals surface area (Å²) in [4.78, 5) is 73.1. The average molecular weight is 1450 g/mol. The van der Waals surface area contributed by atoms with Crippen LogP contribution in [0, 0.1) is 0 Å². The van der Waals surface area contributed by atoms with Gasteiger partial charge in [-0.2, -0.15) is 0 Å². The number of carbonyl (C=O) groups excluding carboxylic acids is 4. The smallest absolute Gasteiger partial charge is 0.463 e. The van der Waals surface area contributed by atoms with Gasteiger partial charge in [0, 0.05) is 25.7 Å². The standard InChI is InChI=1S/C81H143NO16P2/c1-5-9-13-17-21-25-29-33-37-41-45-49-53-57-61-65-78(84)82-75(69-92-79(85)66-62-58-54-50-46-42-38-34-30-26-22-18-14-10-6-2)70-94-99(88,89)95-71-76(83)72-96-100(90,91)97-74-77(98-81(87)68-64-60-56-52-48-44-40-36-32-28-24-20-16-12-8-4)73-93-80(86)67-63-59-55-51-47-43-39-35-31-27-23-19-15-11-7-3/h25-32,37-44,75-77,83H,5-24,33-36,45-74H2,1-4H3,(H,82,84)(H,88,89)(H,90,91)/b29-25+,30-26-,31-27+,32-28-,41-37-,42-38-,43-39-,44-40-. The number of aliphatic hydroxyl groups is 1. The Morgan fingerprint density at radius 1 is 0.320 bits per heavy atom. The zero-order chi connectivity index (χ0) is 73.2. The van der Waals surface area contributed by atoms with E-state index in [1.807, 2.05) is 0 Å². The van der Waals surface area contributed by atoms with Gasteiger partial charge >= 0.3 is 33.6 Å². The van der Waals surface area contributed by atoms with Crippen LogP contribution >= 0.6 is 15.6 Å². The number of esters is 3. The van der Waals surface area contributed by atoms with Crippen LogP contribution in [0.25, 0.3) is 0 Å². The molecule has 100 heavy (non-hydrogen) atoms. The summed E-state index contributed by atoms with van der Waals surface area (Å²) in [7, 11) is -9.92. The molecule has 0 radical (unpaired) electrons. The van der Waals surface area contributed by atoms with Crippen molar-refractivity contribution in [2.24, 2.45) is 0 Å². The summed E-state index contributed by atoms with van der Waals surface area (Å²) in [6.45, 7) is 5.02. The molecule has 0 saturated heterocycles. The maximum atomic E-state index is 13.1. The van der Waals surface area contributed by atoms with Crippen LogP contribution in [-0.4, -0.2) is 96.6 Å². The molecule has 0 aromatic carbocycles. The fraction of sp³-hybridized carbons (Fsp3) is 0.753. The first-order valence-corrected chi connectivity index (χ1v) is 42.6. The highest BCUT2D eigenvalue weighted by atomic mass is 31.2. The third kappa shape index (κ3) is 72.3. The number of phosphoric ester groups is 2. The first-order chi connectivity index (χ1) is 48.7. The SMILES string of the molecule is CCCCCC/C=C\C/C=C\CCCCCCC(=O)OCC(COP(=O)(O)OCC(O)COP(=O)(O)OCC(COC(=O)CCCCCC/C=C\C/C=C/CCCCCC)OC(=O)CCCCCC/C=C\C/C=C\CCCCCC)NC(=O)CCCCCC/C=C\C/C=C/CCCCCC. The molecule has 1 amide bonds. The molecule has 0 heterocycles. The van der Waals surface area contributed by atoms with Crippen molar-refractivity contribution in [2.45, 2.75) is 354 Å². The van der Waals surface area contributed by atoms with Gasteiger partial charge in [-0.25, -0.2) is 9.13 Å². The number of allylic oxidation sites excluding steroid dienone is 16. The van der Waals surface area contributed by atoms with Crippen molar-refractivity contribution in [1.29, 1.82) is 0 Å². The fourth-order valence-electron chi connectivity index (χ4n) is 10.5. The van der Waals surface area contributed by atoms with E-state index in [0.717, 1.165) is 154 Å². The average Bonchev–Trinajstić information content (AvgIpc) is 1.01. The number of amides is 1. The largest absolute Gasteiger partial charge is 0.472 e. The minimum absolute atomic E-state index is 0.0722. The Balaban J connectivity index is 5.41. The number of unbranched alkanes of at least 4 members (excludes halogenated alkanes) is 32. The van der Waals surface area contributed by atoms with E-state index in [1.165, 1.54) is 103 Å². The highest BCUT2D eigenvalue weighted by Gasteiger charge is 2.30. The minimum atomic E-state index is -4.98. The zero-order valence-electron chi connectivity index (χ0n) is 63.2. The molecule has 5 unspecified atom stereocenters. The van der Waals surface area contributed by atoms with E-state index >= 15 is 0 Å². The molecule has 578 valence electrons. The lowest BCUT2D eigenvalue weighted by atomic mass is 10.1. The van der Waals surface area contributed by atoms with E-state index in [9.17, 15) is 43.2 Å². The van der Waals surface area contributed by atoms with E-state index in [-0.39, 0.29) is 38.2 Å². The second-order valence-corrected chi connectivity index (χ2v) is 29.3. The first kappa shape index (κ1) is 96.0. The zero-order valence-corrected chi connectivity index (χ0v) is 65.0. The second kappa shape index (κ2) is 73.3. The van der Waals surface area contributed by atoms with Crippen LogP contribution in [0.1, 0.15) is 336 Å². The third-order valence-electron chi connectivity index (χ3n) is 16.6. The Bertz CT molecular complexity index is 2130. The van der Waals surface area contributed by atoms with Crippen LogP contribution in [0.15, 0.2) is 97.2 Å². The lowest BCUT2D eigenvalue weighted by molar-refractivity contribution is -0.161. The lowest BCUT2D eigenvalue weighted by Crippen LogP contribution is -2.42. The predicted molar refractivity (Wildman–Crippen MR) is 411 cm³/mol. The van der Waals surface area contributed by atoms with Gasteiger partial charge in [0.1, 0.15) is 19.3 Å². The highest BCUT2D eigenvalue weighted by Crippen LogP contribution is 2.45. The molecule has 0 aromatic heterocycles. The predicted octanol–water partition coefficient (Wildman–Crippen LogP) is 22.4. The molecular weight excluding hydrogens is 1300 g/mol. The maximum absolute atomic E-state index is 13.1. The topological polar surface area (TPSA) is 240 Å². The number of nitrogens with one attached hydrogen (secondary N) is 1. The van der Waals surface area contributed by atoms with Gasteiger partial charge in [0.05, 0.1) is 32.5 Å². The number of hydrogen-bond donors (Lipinski definition) is 4. The Hall–Kier alpha value is -4.02. The van der Waals surface area contributed by atoms with Crippen LogP contribution in [0.2, 0.25) is 0 Å². The molecule has 5 atom stereocenters. The summed E-state index contributed by atoms with van der Waals surface area (Å²) in [5, 5.41) is 13.4. The molecule has 0 aliphatic carbocycles. The number of hydrogen-bond acceptors (Lipinski definition) is 14. The quantitative estimate of drug-likeness (QED) is 0.0146. The normalized spacial score (nSPS) is 14.4. The summed E-state index contributed by atoms with van der Waals surface area (Å²) in [5.74, 6) is -1.95. The van der Waals surface area contributed by atoms with E-state index in [1.54, 1.807) is 0 Å². The third-order valence-corrected chi connectivity index (χ3v) is 18.5. The van der Waals surface area contributed by atoms with Crippen molar-refractivity contribution in [2.75, 3.05) is 39.6 Å². The van der Waals surface area contributed by atoms with Crippen LogP contribution in [-0.2, 0) is 60.6 Å². The highest BCUT2D eigenvalue weighted by molar-refractivity contribution is 7.47. The van der Waals surface area contributed by atoms with Crippen molar-refractivity contribution >= 4 is 39.5 Å². The Morgan fingerprint density at radius 3 is 0.920 bits per heavy atom. The molecule has 19 heteroatoms. The van der Waals surface area contributed by atoms with Crippen molar-refractivity contribution in [3.05, 3.63) is 97.2 Å². The number of phosphoric acid groups is 2. The van der Waals surface area contributed by atoms with Gasteiger partial charge < -0.3 is 34.4 Å². The van der Waals surface area contributed by atoms with Crippen molar-refractivity contribution in [3.8, 4) is 0 Å². The van der Waals surface area contributed by atoms with Crippen LogP contribution in [0.5, 0.6) is 0 Å². The van der Waals surface area contributed by atoms with E-state index in [2.05, 4.69) is 130 Å². The van der Waals surface area contributed by atoms with Gasteiger partial charge in [0.2, 0.25) is 5.91 Å². The molecule has 0 bridgehead atoms. The van der Waals surface area contributed by atoms with Gasteiger partial charge in [-0.05, 0) is 154 Å². The molecule has 0 rings (SSSR count). The molecule has 4 N–H and O–H groups in total. The van der Waals surface area contributed by atoms with Crippen molar-refractivity contribution in [1.82, 2.24) is 5.32 Å². The fourth-order valence-corrected chi connectivity index (χ4v) is 12.1. The van der Waals surface area contributed by atoms with Crippen molar-refractivity contribution in [3.63, 3.8) is 0 Å². The molecule has 17 nitrogen and oxygen atoms in total. The van der Waals surface area contributed by atoms with Crippen LogP contribution in [0.3, 0.4) is 0 Å². The molecule has 0 spiro atoms.